The van der Waals surface area contributed by atoms with Crippen LogP contribution in [0.15, 0.2) is 0 Å². The van der Waals surface area contributed by atoms with Crippen LogP contribution in [0.2, 0.25) is 0 Å². The Hall–Kier alpha value is -1.14. The highest BCUT2D eigenvalue weighted by molar-refractivity contribution is 6.61. The maximum absolute atomic E-state index is 11.1. The third-order valence-electron chi connectivity index (χ3n) is 2.10. The second kappa shape index (κ2) is 9.85. The molecule has 0 aliphatic carbocycles. The van der Waals surface area contributed by atoms with E-state index in [0.717, 1.165) is 0 Å². The van der Waals surface area contributed by atoms with Gasteiger partial charge >= 0.3 is 17.4 Å². The highest BCUT2D eigenvalue weighted by atomic mass is 35.5. The molecule has 0 aromatic rings. The molecule has 0 heterocycles. The predicted molar refractivity (Wildman–Crippen MR) is 65.3 cm³/mol. The molecule has 0 aromatic heterocycles. The monoisotopic (exact) mass is 279 g/mol. The van der Waals surface area contributed by atoms with Gasteiger partial charge in [-0.05, 0) is 33.2 Å². The molecule has 0 aromatic carbocycles. The summed E-state index contributed by atoms with van der Waals surface area (Å²) in [5.41, 5.74) is -1.14. The fraction of sp³-hybridized carbons (Fsp3) is 0.727. The molecular weight excluding hydrogens is 262 g/mol. The van der Waals surface area contributed by atoms with E-state index in [2.05, 4.69) is 10.1 Å². The van der Waals surface area contributed by atoms with Gasteiger partial charge in [-0.25, -0.2) is 9.59 Å². The molecule has 0 rings (SSSR count). The summed E-state index contributed by atoms with van der Waals surface area (Å²) in [6.45, 7) is 4.23. The molecule has 1 atom stereocenters. The van der Waals surface area contributed by atoms with Crippen LogP contribution in [0.4, 0.5) is 4.79 Å². The van der Waals surface area contributed by atoms with Crippen molar-refractivity contribution in [2.24, 2.45) is 0 Å². The number of hydrogen-bond acceptors (Lipinski definition) is 6. The van der Waals surface area contributed by atoms with Crippen molar-refractivity contribution in [2.75, 3.05) is 13.2 Å². The van der Waals surface area contributed by atoms with Gasteiger partial charge in [0.25, 0.3) is 0 Å². The van der Waals surface area contributed by atoms with Gasteiger partial charge in [-0.2, -0.15) is 0 Å². The predicted octanol–water partition coefficient (Wildman–Crippen LogP) is 1.60. The van der Waals surface area contributed by atoms with Gasteiger partial charge in [0.05, 0.1) is 6.61 Å². The van der Waals surface area contributed by atoms with E-state index in [4.69, 9.17) is 16.3 Å². The van der Waals surface area contributed by atoms with Gasteiger partial charge in [0.15, 0.2) is 0 Å². The summed E-state index contributed by atoms with van der Waals surface area (Å²) in [4.78, 5) is 32.5. The van der Waals surface area contributed by atoms with E-state index in [1.165, 1.54) is 0 Å². The molecule has 0 saturated heterocycles. The lowest BCUT2D eigenvalue weighted by Gasteiger charge is -2.10. The molecule has 1 N–H and O–H groups in total. The number of halogens is 1. The van der Waals surface area contributed by atoms with Crippen LogP contribution in [0, 0.1) is 0 Å². The Morgan fingerprint density at radius 1 is 1.28 bits per heavy atom. The molecule has 0 saturated carbocycles. The van der Waals surface area contributed by atoms with Crippen LogP contribution in [0.5, 0.6) is 0 Å². The maximum Gasteiger partial charge on any atom is 0.411 e. The van der Waals surface area contributed by atoms with E-state index >= 15 is 0 Å². The number of hydrogen-bond donors (Lipinski definition) is 1. The van der Waals surface area contributed by atoms with E-state index in [-0.39, 0.29) is 5.97 Å². The van der Waals surface area contributed by atoms with Gasteiger partial charge in [-0.3, -0.25) is 4.79 Å². The maximum atomic E-state index is 11.1. The lowest BCUT2D eigenvalue weighted by molar-refractivity contribution is -0.143. The standard InChI is InChI=1S/C11H18ClNO5/c1-3-17-9(14)6-4-5-7-13-8(2)10(15)18-11(12)16/h8,13H,3-7H2,1-2H3/t8-/m0/s1. The Morgan fingerprint density at radius 2 is 1.94 bits per heavy atom. The quantitative estimate of drug-likeness (QED) is 0.314. The van der Waals surface area contributed by atoms with Gasteiger partial charge in [0.2, 0.25) is 0 Å². The van der Waals surface area contributed by atoms with E-state index in [1.807, 2.05) is 0 Å². The van der Waals surface area contributed by atoms with Gasteiger partial charge in [-0.15, -0.1) is 0 Å². The molecule has 0 spiro atoms. The van der Waals surface area contributed by atoms with E-state index in [1.54, 1.807) is 13.8 Å². The number of carbonyl (C=O) groups excluding carboxylic acids is 3. The minimum atomic E-state index is -1.14. The topological polar surface area (TPSA) is 81.7 Å². The molecular formula is C11H18ClNO5. The first kappa shape index (κ1) is 16.9. The van der Waals surface area contributed by atoms with Crippen molar-refractivity contribution >= 4 is 29.0 Å². The molecule has 104 valence electrons. The van der Waals surface area contributed by atoms with Gasteiger partial charge in [0.1, 0.15) is 6.04 Å². The van der Waals surface area contributed by atoms with Crippen molar-refractivity contribution < 1.29 is 23.9 Å². The third kappa shape index (κ3) is 8.95. The van der Waals surface area contributed by atoms with E-state index in [0.29, 0.717) is 32.4 Å². The fourth-order valence-electron chi connectivity index (χ4n) is 1.20. The smallest absolute Gasteiger partial charge is 0.411 e. The molecule has 18 heavy (non-hydrogen) atoms. The lowest BCUT2D eigenvalue weighted by Crippen LogP contribution is -2.36. The molecule has 0 radical (unpaired) electrons. The first-order valence-electron chi connectivity index (χ1n) is 5.77. The number of ether oxygens (including phenoxy) is 2. The van der Waals surface area contributed by atoms with Gasteiger partial charge < -0.3 is 14.8 Å². The zero-order chi connectivity index (χ0) is 14.0. The highest BCUT2D eigenvalue weighted by Gasteiger charge is 2.16. The third-order valence-corrected chi connectivity index (χ3v) is 2.18. The highest BCUT2D eigenvalue weighted by Crippen LogP contribution is 1.98. The molecule has 0 aliphatic rings. The second-order valence-electron chi connectivity index (χ2n) is 3.60. The van der Waals surface area contributed by atoms with E-state index in [9.17, 15) is 14.4 Å². The van der Waals surface area contributed by atoms with Crippen molar-refractivity contribution in [3.8, 4) is 0 Å². The van der Waals surface area contributed by atoms with Crippen LogP contribution in [-0.4, -0.2) is 36.6 Å². The summed E-state index contributed by atoms with van der Waals surface area (Å²) < 4.78 is 8.96. The van der Waals surface area contributed by atoms with Gasteiger partial charge in [0, 0.05) is 18.0 Å². The van der Waals surface area contributed by atoms with Crippen LogP contribution in [0.3, 0.4) is 0 Å². The van der Waals surface area contributed by atoms with E-state index < -0.39 is 17.4 Å². The average molecular weight is 280 g/mol. The number of rotatable bonds is 8. The van der Waals surface area contributed by atoms with Crippen molar-refractivity contribution in [2.45, 2.75) is 39.2 Å². The first-order valence-corrected chi connectivity index (χ1v) is 6.15. The van der Waals surface area contributed by atoms with Crippen molar-refractivity contribution in [3.05, 3.63) is 0 Å². The van der Waals surface area contributed by atoms with Crippen LogP contribution in [-0.2, 0) is 19.1 Å². The molecule has 7 heteroatoms. The van der Waals surface area contributed by atoms with Crippen LogP contribution >= 0.6 is 11.6 Å². The summed E-state index contributed by atoms with van der Waals surface area (Å²) in [6, 6.07) is -0.615. The van der Waals surface area contributed by atoms with Crippen molar-refractivity contribution in [1.82, 2.24) is 5.32 Å². The Morgan fingerprint density at radius 3 is 2.50 bits per heavy atom. The zero-order valence-electron chi connectivity index (χ0n) is 10.5. The lowest BCUT2D eigenvalue weighted by atomic mass is 10.2. The molecule has 0 amide bonds. The number of unbranched alkanes of at least 4 members (excludes halogenated alkanes) is 1. The average Bonchev–Trinajstić information content (AvgIpc) is 2.27. The van der Waals surface area contributed by atoms with Crippen LogP contribution in [0.1, 0.15) is 33.1 Å². The summed E-state index contributed by atoms with van der Waals surface area (Å²) in [6.07, 6.45) is 1.74. The molecule has 0 bridgehead atoms. The summed E-state index contributed by atoms with van der Waals surface area (Å²) in [5, 5.41) is 2.86. The summed E-state index contributed by atoms with van der Waals surface area (Å²) in [5.74, 6) is -0.946. The minimum absolute atomic E-state index is 0.224. The Bertz CT molecular complexity index is 295. The van der Waals surface area contributed by atoms with Crippen LogP contribution < -0.4 is 5.32 Å². The van der Waals surface area contributed by atoms with Crippen LogP contribution in [0.25, 0.3) is 0 Å². The Kier molecular flexibility index (Phi) is 9.22. The fourth-order valence-corrected chi connectivity index (χ4v) is 1.27. The molecule has 0 fully saturated rings. The zero-order valence-corrected chi connectivity index (χ0v) is 11.3. The molecule has 0 unspecified atom stereocenters. The number of esters is 2. The summed E-state index contributed by atoms with van der Waals surface area (Å²) in [7, 11) is 0. The van der Waals surface area contributed by atoms with Crippen molar-refractivity contribution in [1.29, 1.82) is 0 Å². The van der Waals surface area contributed by atoms with Gasteiger partial charge in [-0.1, -0.05) is 0 Å². The Balaban J connectivity index is 3.57. The molecule has 0 aliphatic heterocycles. The Labute approximate surface area is 111 Å². The number of carbonyl (C=O) groups is 3. The second-order valence-corrected chi connectivity index (χ2v) is 3.91. The SMILES string of the molecule is CCOC(=O)CCCCN[C@@H](C)C(=O)OC(=O)Cl. The number of nitrogens with one attached hydrogen (secondary N) is 1. The normalized spacial score (nSPS) is 11.7. The first-order chi connectivity index (χ1) is 8.47. The summed E-state index contributed by atoms with van der Waals surface area (Å²) >= 11 is 4.90. The van der Waals surface area contributed by atoms with Crippen molar-refractivity contribution in [3.63, 3.8) is 0 Å². The largest absolute Gasteiger partial charge is 0.466 e. The minimum Gasteiger partial charge on any atom is -0.466 e. The molecule has 6 nitrogen and oxygen atoms in total.